The van der Waals surface area contributed by atoms with Gasteiger partial charge in [0.05, 0.1) is 16.8 Å². The Morgan fingerprint density at radius 1 is 1.03 bits per heavy atom. The third-order valence-corrected chi connectivity index (χ3v) is 4.79. The van der Waals surface area contributed by atoms with Crippen molar-refractivity contribution in [1.29, 1.82) is 0 Å². The summed E-state index contributed by atoms with van der Waals surface area (Å²) in [5.41, 5.74) is 2.40. The molecule has 0 saturated heterocycles. The van der Waals surface area contributed by atoms with Gasteiger partial charge < -0.3 is 10.3 Å². The van der Waals surface area contributed by atoms with Crippen LogP contribution in [0.5, 0.6) is 0 Å². The van der Waals surface area contributed by atoms with Crippen LogP contribution in [0.25, 0.3) is 34.4 Å². The lowest BCUT2D eigenvalue weighted by Gasteiger charge is -2.19. The molecule has 4 rings (SSSR count). The quantitative estimate of drug-likeness (QED) is 0.420. The van der Waals surface area contributed by atoms with Crippen molar-refractivity contribution in [3.63, 3.8) is 0 Å². The molecular weight excluding hydrogens is 398 g/mol. The molecule has 8 heteroatoms. The summed E-state index contributed by atoms with van der Waals surface area (Å²) < 4.78 is 27.8. The van der Waals surface area contributed by atoms with E-state index in [-0.39, 0.29) is 11.4 Å². The highest BCUT2D eigenvalue weighted by Crippen LogP contribution is 2.27. The zero-order valence-electron chi connectivity index (χ0n) is 17.6. The van der Waals surface area contributed by atoms with E-state index in [9.17, 15) is 8.78 Å². The minimum absolute atomic E-state index is 0.0130. The van der Waals surface area contributed by atoms with E-state index in [0.717, 1.165) is 17.5 Å². The fourth-order valence-electron chi connectivity index (χ4n) is 3.20. The van der Waals surface area contributed by atoms with E-state index in [0.29, 0.717) is 34.8 Å². The first-order chi connectivity index (χ1) is 14.8. The summed E-state index contributed by atoms with van der Waals surface area (Å²) in [6.45, 7) is 7.02. The van der Waals surface area contributed by atoms with Gasteiger partial charge in [-0.25, -0.2) is 8.78 Å². The second-order valence-corrected chi connectivity index (χ2v) is 8.42. The molecule has 0 atom stereocenters. The molecule has 0 aliphatic carbocycles. The SMILES string of the molecule is CC(C)(C)NCCc1nnc(-c2cc3c(/C=C/c4ccc(F)cc4)n[nH]c3cc2F)[nH]1. The number of halogens is 2. The van der Waals surface area contributed by atoms with Crippen molar-refractivity contribution in [2.45, 2.75) is 32.7 Å². The third kappa shape index (κ3) is 5.03. The zero-order chi connectivity index (χ0) is 22.0. The van der Waals surface area contributed by atoms with Gasteiger partial charge >= 0.3 is 0 Å². The van der Waals surface area contributed by atoms with E-state index < -0.39 is 5.82 Å². The number of H-pyrrole nitrogens is 2. The van der Waals surface area contributed by atoms with Crippen LogP contribution in [0.3, 0.4) is 0 Å². The van der Waals surface area contributed by atoms with Gasteiger partial charge in [0.25, 0.3) is 0 Å². The van der Waals surface area contributed by atoms with Crippen molar-refractivity contribution in [2.24, 2.45) is 0 Å². The van der Waals surface area contributed by atoms with Crippen LogP contribution in [-0.4, -0.2) is 37.5 Å². The maximum Gasteiger partial charge on any atom is 0.164 e. The maximum atomic E-state index is 14.7. The monoisotopic (exact) mass is 422 g/mol. The third-order valence-electron chi connectivity index (χ3n) is 4.79. The molecule has 2 heterocycles. The van der Waals surface area contributed by atoms with Gasteiger partial charge in [-0.1, -0.05) is 18.2 Å². The Kier molecular flexibility index (Phi) is 5.65. The smallest absolute Gasteiger partial charge is 0.164 e. The topological polar surface area (TPSA) is 82.3 Å². The van der Waals surface area contributed by atoms with Gasteiger partial charge in [0.15, 0.2) is 5.82 Å². The highest BCUT2D eigenvalue weighted by atomic mass is 19.1. The van der Waals surface area contributed by atoms with Gasteiger partial charge in [-0.15, -0.1) is 10.2 Å². The second kappa shape index (κ2) is 8.39. The number of aromatic nitrogens is 5. The molecule has 0 aliphatic rings. The minimum Gasteiger partial charge on any atom is -0.325 e. The first kappa shape index (κ1) is 20.9. The summed E-state index contributed by atoms with van der Waals surface area (Å²) >= 11 is 0. The Morgan fingerprint density at radius 2 is 1.81 bits per heavy atom. The fraction of sp³-hybridized carbons (Fsp3) is 0.261. The minimum atomic E-state index is -0.416. The number of aromatic amines is 2. The number of hydrogen-bond acceptors (Lipinski definition) is 4. The van der Waals surface area contributed by atoms with E-state index >= 15 is 0 Å². The van der Waals surface area contributed by atoms with Gasteiger partial charge in [-0.2, -0.15) is 5.10 Å². The van der Waals surface area contributed by atoms with E-state index in [1.165, 1.54) is 18.2 Å². The molecule has 0 aliphatic heterocycles. The molecule has 0 amide bonds. The highest BCUT2D eigenvalue weighted by molar-refractivity contribution is 5.92. The molecule has 0 unspecified atom stereocenters. The van der Waals surface area contributed by atoms with E-state index in [1.54, 1.807) is 24.3 Å². The van der Waals surface area contributed by atoms with Gasteiger partial charge in [-0.3, -0.25) is 5.10 Å². The fourth-order valence-corrected chi connectivity index (χ4v) is 3.20. The van der Waals surface area contributed by atoms with Crippen LogP contribution in [0.1, 0.15) is 37.9 Å². The number of fused-ring (bicyclic) bond motifs is 1. The van der Waals surface area contributed by atoms with E-state index in [4.69, 9.17) is 0 Å². The zero-order valence-corrected chi connectivity index (χ0v) is 17.6. The lowest BCUT2D eigenvalue weighted by Crippen LogP contribution is -2.37. The molecule has 3 N–H and O–H groups in total. The molecule has 4 aromatic rings. The summed E-state index contributed by atoms with van der Waals surface area (Å²) in [7, 11) is 0. The molecule has 6 nitrogen and oxygen atoms in total. The van der Waals surface area contributed by atoms with Crippen LogP contribution in [-0.2, 0) is 6.42 Å². The average Bonchev–Trinajstić information content (AvgIpc) is 3.33. The van der Waals surface area contributed by atoms with Crippen LogP contribution in [0.15, 0.2) is 36.4 Å². The van der Waals surface area contributed by atoms with Gasteiger partial charge in [0.2, 0.25) is 0 Å². The largest absolute Gasteiger partial charge is 0.325 e. The Hall–Kier alpha value is -3.39. The van der Waals surface area contributed by atoms with Crippen molar-refractivity contribution in [3.05, 3.63) is 65.1 Å². The molecule has 2 aromatic heterocycles. The van der Waals surface area contributed by atoms with Gasteiger partial charge in [0, 0.05) is 30.0 Å². The average molecular weight is 422 g/mol. The summed E-state index contributed by atoms with van der Waals surface area (Å²) in [6.07, 6.45) is 4.29. The van der Waals surface area contributed by atoms with Crippen LogP contribution in [0.4, 0.5) is 8.78 Å². The molecule has 0 saturated carbocycles. The van der Waals surface area contributed by atoms with Crippen LogP contribution >= 0.6 is 0 Å². The lowest BCUT2D eigenvalue weighted by molar-refractivity contribution is 0.427. The first-order valence-electron chi connectivity index (χ1n) is 10.1. The van der Waals surface area contributed by atoms with Crippen molar-refractivity contribution < 1.29 is 8.78 Å². The number of nitrogens with zero attached hydrogens (tertiary/aromatic N) is 3. The van der Waals surface area contributed by atoms with Crippen LogP contribution in [0, 0.1) is 11.6 Å². The van der Waals surface area contributed by atoms with Crippen molar-refractivity contribution >= 4 is 23.1 Å². The highest BCUT2D eigenvalue weighted by Gasteiger charge is 2.15. The molecular formula is C23H24F2N6. The number of hydrogen-bond donors (Lipinski definition) is 3. The molecule has 0 bridgehead atoms. The van der Waals surface area contributed by atoms with E-state index in [1.807, 2.05) is 6.08 Å². The Labute approximate surface area is 178 Å². The Balaban J connectivity index is 1.58. The predicted molar refractivity (Wildman–Crippen MR) is 118 cm³/mol. The van der Waals surface area contributed by atoms with E-state index in [2.05, 4.69) is 51.5 Å². The number of nitrogens with one attached hydrogen (secondary N) is 3. The van der Waals surface area contributed by atoms with Crippen molar-refractivity contribution in [3.8, 4) is 11.4 Å². The van der Waals surface area contributed by atoms with Crippen LogP contribution in [0.2, 0.25) is 0 Å². The number of rotatable bonds is 6. The molecule has 0 spiro atoms. The Morgan fingerprint density at radius 3 is 2.55 bits per heavy atom. The standard InChI is InChI=1S/C23H24F2N6/c1-23(2,3)26-11-10-21-27-22(31-30-21)16-12-17-19(28-29-20(17)13-18(16)25)9-6-14-4-7-15(24)8-5-14/h4-9,12-13,26H,10-11H2,1-3H3,(H,28,29)(H,27,30,31)/b9-6+. The summed E-state index contributed by atoms with van der Waals surface area (Å²) in [6, 6.07) is 9.25. The van der Waals surface area contributed by atoms with Gasteiger partial charge in [0.1, 0.15) is 17.5 Å². The van der Waals surface area contributed by atoms with Crippen molar-refractivity contribution in [1.82, 2.24) is 30.7 Å². The molecule has 0 radical (unpaired) electrons. The lowest BCUT2D eigenvalue weighted by atomic mass is 10.1. The number of benzene rings is 2. The molecule has 2 aromatic carbocycles. The Bertz CT molecular complexity index is 1220. The summed E-state index contributed by atoms with van der Waals surface area (Å²) in [4.78, 5) is 3.11. The molecule has 31 heavy (non-hydrogen) atoms. The second-order valence-electron chi connectivity index (χ2n) is 8.42. The molecule has 160 valence electrons. The normalized spacial score (nSPS) is 12.3. The summed E-state index contributed by atoms with van der Waals surface area (Å²) in [5.74, 6) is 0.360. The van der Waals surface area contributed by atoms with Crippen LogP contribution < -0.4 is 5.32 Å². The molecule has 0 fully saturated rings. The first-order valence-corrected chi connectivity index (χ1v) is 10.1. The maximum absolute atomic E-state index is 14.7. The van der Waals surface area contributed by atoms with Crippen molar-refractivity contribution in [2.75, 3.05) is 6.54 Å². The summed E-state index contributed by atoms with van der Waals surface area (Å²) in [5, 5.41) is 19.5. The van der Waals surface area contributed by atoms with Gasteiger partial charge in [-0.05, 0) is 50.6 Å². The predicted octanol–water partition coefficient (Wildman–Crippen LogP) is 4.73.